The van der Waals surface area contributed by atoms with Gasteiger partial charge in [0.15, 0.2) is 0 Å². The van der Waals surface area contributed by atoms with Gasteiger partial charge in [-0.15, -0.1) is 0 Å². The second kappa shape index (κ2) is 2.76. The lowest BCUT2D eigenvalue weighted by Crippen LogP contribution is -2.13. The lowest BCUT2D eigenvalue weighted by molar-refractivity contribution is 0.815. The smallest absolute Gasteiger partial charge is 0.0375 e. The van der Waals surface area contributed by atoms with Crippen molar-refractivity contribution in [3.8, 4) is 0 Å². The van der Waals surface area contributed by atoms with E-state index in [0.29, 0.717) is 0 Å². The standard InChI is InChI=1S/C12H15N/c1-3-10(9-6-7-9)11-4-2-8-13-12(11)5-1/h1,3,5,9,13H,2,4,6-8H2. The van der Waals surface area contributed by atoms with Crippen LogP contribution < -0.4 is 5.32 Å². The van der Waals surface area contributed by atoms with Crippen LogP contribution in [0.25, 0.3) is 0 Å². The molecular formula is C12H15N. The summed E-state index contributed by atoms with van der Waals surface area (Å²) in [5.74, 6) is 0.898. The molecule has 3 rings (SSSR count). The normalized spacial score (nSPS) is 20.6. The molecule has 0 saturated heterocycles. The molecule has 1 N–H and O–H groups in total. The second-order valence-electron chi connectivity index (χ2n) is 4.18. The van der Waals surface area contributed by atoms with Gasteiger partial charge in [-0.1, -0.05) is 12.1 Å². The predicted octanol–water partition coefficient (Wildman–Crippen LogP) is 2.92. The maximum Gasteiger partial charge on any atom is 0.0375 e. The summed E-state index contributed by atoms with van der Waals surface area (Å²) in [5, 5.41) is 3.49. The Hall–Kier alpha value is -0.980. The van der Waals surface area contributed by atoms with Crippen molar-refractivity contribution < 1.29 is 0 Å². The van der Waals surface area contributed by atoms with Gasteiger partial charge in [0.05, 0.1) is 0 Å². The van der Waals surface area contributed by atoms with E-state index in [-0.39, 0.29) is 0 Å². The molecule has 0 unspecified atom stereocenters. The Morgan fingerprint density at radius 2 is 2.15 bits per heavy atom. The Labute approximate surface area is 79.2 Å². The van der Waals surface area contributed by atoms with E-state index < -0.39 is 0 Å². The highest BCUT2D eigenvalue weighted by Gasteiger charge is 2.27. The summed E-state index contributed by atoms with van der Waals surface area (Å²) >= 11 is 0. The van der Waals surface area contributed by atoms with E-state index in [4.69, 9.17) is 0 Å². The highest BCUT2D eigenvalue weighted by Crippen LogP contribution is 2.44. The highest BCUT2D eigenvalue weighted by atomic mass is 14.9. The van der Waals surface area contributed by atoms with E-state index in [0.717, 1.165) is 12.5 Å². The molecule has 0 atom stereocenters. The number of fused-ring (bicyclic) bond motifs is 1. The Morgan fingerprint density at radius 3 is 3.00 bits per heavy atom. The molecule has 1 aromatic rings. The molecule has 13 heavy (non-hydrogen) atoms. The van der Waals surface area contributed by atoms with Gasteiger partial charge in [0, 0.05) is 12.2 Å². The maximum atomic E-state index is 3.49. The number of hydrogen-bond donors (Lipinski definition) is 1. The van der Waals surface area contributed by atoms with Gasteiger partial charge in [0.1, 0.15) is 0 Å². The molecule has 1 fully saturated rings. The fourth-order valence-electron chi connectivity index (χ4n) is 2.31. The molecule has 1 aromatic carbocycles. The first-order valence-electron chi connectivity index (χ1n) is 5.31. The average molecular weight is 173 g/mol. The minimum absolute atomic E-state index is 0.898. The Bertz CT molecular complexity index is 326. The third kappa shape index (κ3) is 1.23. The largest absolute Gasteiger partial charge is 0.385 e. The zero-order valence-electron chi connectivity index (χ0n) is 7.84. The molecule has 2 aliphatic rings. The first-order chi connectivity index (χ1) is 6.45. The van der Waals surface area contributed by atoms with Gasteiger partial charge < -0.3 is 5.32 Å². The summed E-state index contributed by atoms with van der Waals surface area (Å²) in [5.41, 5.74) is 4.64. The SMILES string of the molecule is c1cc2c(c(C3CC3)c1)CCCN2. The van der Waals surface area contributed by atoms with Crippen LogP contribution in [0.5, 0.6) is 0 Å². The van der Waals surface area contributed by atoms with Crippen LogP contribution in [0.3, 0.4) is 0 Å². The zero-order chi connectivity index (χ0) is 8.67. The van der Waals surface area contributed by atoms with Gasteiger partial charge in [-0.2, -0.15) is 0 Å². The second-order valence-corrected chi connectivity index (χ2v) is 4.18. The number of benzene rings is 1. The molecule has 1 heterocycles. The molecule has 0 bridgehead atoms. The van der Waals surface area contributed by atoms with Gasteiger partial charge in [-0.05, 0) is 48.8 Å². The molecule has 1 saturated carbocycles. The van der Waals surface area contributed by atoms with Crippen LogP contribution in [0.4, 0.5) is 5.69 Å². The lowest BCUT2D eigenvalue weighted by atomic mass is 9.95. The number of rotatable bonds is 1. The summed E-state index contributed by atoms with van der Waals surface area (Å²) in [7, 11) is 0. The molecule has 1 heteroatoms. The quantitative estimate of drug-likeness (QED) is 0.688. The molecule has 0 spiro atoms. The van der Waals surface area contributed by atoms with Gasteiger partial charge >= 0.3 is 0 Å². The van der Waals surface area contributed by atoms with Gasteiger partial charge in [-0.3, -0.25) is 0 Å². The minimum atomic E-state index is 0.898. The topological polar surface area (TPSA) is 12.0 Å². The van der Waals surface area contributed by atoms with Crippen molar-refractivity contribution in [3.05, 3.63) is 29.3 Å². The van der Waals surface area contributed by atoms with E-state index in [1.807, 2.05) is 0 Å². The first-order valence-corrected chi connectivity index (χ1v) is 5.31. The van der Waals surface area contributed by atoms with Crippen LogP contribution >= 0.6 is 0 Å². The number of nitrogens with one attached hydrogen (secondary N) is 1. The third-order valence-corrected chi connectivity index (χ3v) is 3.15. The van der Waals surface area contributed by atoms with E-state index in [2.05, 4.69) is 23.5 Å². The summed E-state index contributed by atoms with van der Waals surface area (Å²) < 4.78 is 0. The molecule has 0 amide bonds. The van der Waals surface area contributed by atoms with Crippen molar-refractivity contribution in [2.75, 3.05) is 11.9 Å². The predicted molar refractivity (Wildman–Crippen MR) is 55.2 cm³/mol. The summed E-state index contributed by atoms with van der Waals surface area (Å²) in [6, 6.07) is 6.74. The van der Waals surface area contributed by atoms with Crippen LogP contribution in [0, 0.1) is 0 Å². The van der Waals surface area contributed by atoms with Crippen molar-refractivity contribution in [2.24, 2.45) is 0 Å². The van der Waals surface area contributed by atoms with Crippen molar-refractivity contribution in [1.82, 2.24) is 0 Å². The fraction of sp³-hybridized carbons (Fsp3) is 0.500. The van der Waals surface area contributed by atoms with Crippen LogP contribution in [0.1, 0.15) is 36.3 Å². The van der Waals surface area contributed by atoms with Crippen molar-refractivity contribution in [2.45, 2.75) is 31.6 Å². The highest BCUT2D eigenvalue weighted by molar-refractivity contribution is 5.57. The summed E-state index contributed by atoms with van der Waals surface area (Å²) in [4.78, 5) is 0. The number of hydrogen-bond acceptors (Lipinski definition) is 1. The number of anilines is 1. The molecule has 0 aromatic heterocycles. The van der Waals surface area contributed by atoms with Gasteiger partial charge in [0.25, 0.3) is 0 Å². The maximum absolute atomic E-state index is 3.49. The lowest BCUT2D eigenvalue weighted by Gasteiger charge is -2.20. The Balaban J connectivity index is 2.07. The van der Waals surface area contributed by atoms with E-state index in [9.17, 15) is 0 Å². The van der Waals surface area contributed by atoms with Crippen LogP contribution in [-0.4, -0.2) is 6.54 Å². The molecule has 0 radical (unpaired) electrons. The van der Waals surface area contributed by atoms with Crippen molar-refractivity contribution in [1.29, 1.82) is 0 Å². The average Bonchev–Trinajstić information content (AvgIpc) is 3.00. The minimum Gasteiger partial charge on any atom is -0.385 e. The molecule has 68 valence electrons. The zero-order valence-corrected chi connectivity index (χ0v) is 7.84. The van der Waals surface area contributed by atoms with Gasteiger partial charge in [-0.25, -0.2) is 0 Å². The van der Waals surface area contributed by atoms with Crippen LogP contribution in [0.15, 0.2) is 18.2 Å². The monoisotopic (exact) mass is 173 g/mol. The first kappa shape index (κ1) is 7.43. The molecule has 1 aliphatic heterocycles. The molecule has 1 nitrogen and oxygen atoms in total. The van der Waals surface area contributed by atoms with E-state index in [1.54, 1.807) is 11.1 Å². The Kier molecular flexibility index (Phi) is 1.58. The van der Waals surface area contributed by atoms with Crippen molar-refractivity contribution >= 4 is 5.69 Å². The summed E-state index contributed by atoms with van der Waals surface area (Å²) in [6.07, 6.45) is 5.42. The van der Waals surface area contributed by atoms with Crippen molar-refractivity contribution in [3.63, 3.8) is 0 Å². The van der Waals surface area contributed by atoms with E-state index >= 15 is 0 Å². The third-order valence-electron chi connectivity index (χ3n) is 3.15. The summed E-state index contributed by atoms with van der Waals surface area (Å²) in [6.45, 7) is 1.15. The van der Waals surface area contributed by atoms with Gasteiger partial charge in [0.2, 0.25) is 0 Å². The van der Waals surface area contributed by atoms with Crippen LogP contribution in [-0.2, 0) is 6.42 Å². The fourth-order valence-corrected chi connectivity index (χ4v) is 2.31. The molecule has 1 aliphatic carbocycles. The Morgan fingerprint density at radius 1 is 1.23 bits per heavy atom. The van der Waals surface area contributed by atoms with E-state index in [1.165, 1.54) is 31.4 Å². The molecular weight excluding hydrogens is 158 g/mol. The van der Waals surface area contributed by atoms with Crippen LogP contribution in [0.2, 0.25) is 0 Å².